The van der Waals surface area contributed by atoms with Crippen LogP contribution >= 0.6 is 0 Å². The van der Waals surface area contributed by atoms with E-state index in [2.05, 4.69) is 10.3 Å². The highest BCUT2D eigenvalue weighted by Gasteiger charge is 2.11. The number of methoxy groups -OCH3 is 2. The van der Waals surface area contributed by atoms with Gasteiger partial charge in [-0.2, -0.15) is 0 Å². The summed E-state index contributed by atoms with van der Waals surface area (Å²) in [5, 5.41) is 9.55. The van der Waals surface area contributed by atoms with Gasteiger partial charge in [-0.3, -0.25) is 0 Å². The first-order valence-corrected chi connectivity index (χ1v) is 10.7. The van der Waals surface area contributed by atoms with Crippen LogP contribution in [0.3, 0.4) is 0 Å². The molecule has 7 nitrogen and oxygen atoms in total. The quantitative estimate of drug-likeness (QED) is 0.430. The number of benzene rings is 3. The van der Waals surface area contributed by atoms with Crippen molar-refractivity contribution in [2.45, 2.75) is 4.90 Å². The number of sulfonamides is 1. The summed E-state index contributed by atoms with van der Waals surface area (Å²) in [7, 11) is -0.530. The predicted molar refractivity (Wildman–Crippen MR) is 118 cm³/mol. The second-order valence-corrected chi connectivity index (χ2v) is 8.28. The molecule has 4 rings (SSSR count). The summed E-state index contributed by atoms with van der Waals surface area (Å²) >= 11 is 0. The third-order valence-electron chi connectivity index (χ3n) is 4.81. The Balaban J connectivity index is 1.69. The Morgan fingerprint density at radius 3 is 2.30 bits per heavy atom. The molecular weight excluding hydrogens is 402 g/mol. The van der Waals surface area contributed by atoms with E-state index in [4.69, 9.17) is 14.6 Å². The first-order valence-electron chi connectivity index (χ1n) is 9.13. The Kier molecular flexibility index (Phi) is 5.11. The number of anilines is 2. The van der Waals surface area contributed by atoms with Crippen LogP contribution < -0.4 is 19.9 Å². The normalized spacial score (nSPS) is 11.4. The van der Waals surface area contributed by atoms with Crippen LogP contribution in [0.1, 0.15) is 0 Å². The van der Waals surface area contributed by atoms with E-state index in [-0.39, 0.29) is 4.90 Å². The van der Waals surface area contributed by atoms with Gasteiger partial charge in [-0.15, -0.1) is 0 Å². The molecule has 0 aliphatic carbocycles. The lowest BCUT2D eigenvalue weighted by atomic mass is 10.0. The van der Waals surface area contributed by atoms with Crippen molar-refractivity contribution >= 4 is 32.4 Å². The summed E-state index contributed by atoms with van der Waals surface area (Å²) in [6.45, 7) is 0. The van der Waals surface area contributed by atoms with Gasteiger partial charge in [0.2, 0.25) is 10.0 Å². The number of rotatable bonds is 6. The van der Waals surface area contributed by atoms with Crippen LogP contribution in [0.4, 0.5) is 11.5 Å². The monoisotopic (exact) mass is 423 g/mol. The van der Waals surface area contributed by atoms with Crippen molar-refractivity contribution in [3.05, 3.63) is 66.7 Å². The van der Waals surface area contributed by atoms with E-state index in [0.717, 1.165) is 33.5 Å². The van der Waals surface area contributed by atoms with Gasteiger partial charge < -0.3 is 19.8 Å². The minimum Gasteiger partial charge on any atom is -0.493 e. The van der Waals surface area contributed by atoms with Gasteiger partial charge in [0.25, 0.3) is 0 Å². The standard InChI is InChI=1S/C22H21N3O4S/c1-28-19-11-8-16(13-20(19)29-2)24-21-12-15-4-3-5-18(22(15)25-21)14-6-9-17(10-7-14)30(23,26)27/h3-13,24-25H,1-2H3,(H2,23,26,27). The summed E-state index contributed by atoms with van der Waals surface area (Å²) in [6.07, 6.45) is 0. The highest BCUT2D eigenvalue weighted by molar-refractivity contribution is 7.89. The molecule has 0 atom stereocenters. The zero-order valence-electron chi connectivity index (χ0n) is 16.5. The molecule has 4 aromatic rings. The van der Waals surface area contributed by atoms with Gasteiger partial charge in [0.1, 0.15) is 5.82 Å². The van der Waals surface area contributed by atoms with Crippen LogP contribution in [0.5, 0.6) is 11.5 Å². The van der Waals surface area contributed by atoms with E-state index in [0.29, 0.717) is 11.5 Å². The summed E-state index contributed by atoms with van der Waals surface area (Å²) in [4.78, 5) is 3.48. The first-order chi connectivity index (χ1) is 14.4. The smallest absolute Gasteiger partial charge is 0.238 e. The van der Waals surface area contributed by atoms with Gasteiger partial charge in [0.15, 0.2) is 11.5 Å². The van der Waals surface area contributed by atoms with Crippen LogP contribution in [-0.2, 0) is 10.0 Å². The van der Waals surface area contributed by atoms with Crippen LogP contribution in [0, 0.1) is 0 Å². The van der Waals surface area contributed by atoms with Crippen LogP contribution in [0.25, 0.3) is 22.0 Å². The summed E-state index contributed by atoms with van der Waals surface area (Å²) in [5.41, 5.74) is 3.61. The fourth-order valence-electron chi connectivity index (χ4n) is 3.36. The van der Waals surface area contributed by atoms with E-state index in [1.54, 1.807) is 26.4 Å². The summed E-state index contributed by atoms with van der Waals surface area (Å²) < 4.78 is 33.6. The van der Waals surface area contributed by atoms with Crippen molar-refractivity contribution in [1.29, 1.82) is 0 Å². The highest BCUT2D eigenvalue weighted by Crippen LogP contribution is 2.34. The molecule has 4 N–H and O–H groups in total. The third-order valence-corrected chi connectivity index (χ3v) is 5.74. The Hall–Kier alpha value is -3.49. The lowest BCUT2D eigenvalue weighted by Crippen LogP contribution is -2.11. The molecular formula is C22H21N3O4S. The SMILES string of the molecule is COc1ccc(Nc2cc3cccc(-c4ccc(S(N)(=O)=O)cc4)c3[nH]2)cc1OC. The number of aromatic amines is 1. The molecule has 154 valence electrons. The summed E-state index contributed by atoms with van der Waals surface area (Å²) in [5.74, 6) is 2.10. The lowest BCUT2D eigenvalue weighted by Gasteiger charge is -2.10. The van der Waals surface area contributed by atoms with E-state index >= 15 is 0 Å². The number of H-pyrrole nitrogens is 1. The maximum absolute atomic E-state index is 11.5. The van der Waals surface area contributed by atoms with Crippen LogP contribution in [0.2, 0.25) is 0 Å². The van der Waals surface area contributed by atoms with E-state index in [9.17, 15) is 8.42 Å². The molecule has 30 heavy (non-hydrogen) atoms. The topological polar surface area (TPSA) is 106 Å². The Labute approximate surface area is 174 Å². The van der Waals surface area contributed by atoms with Crippen molar-refractivity contribution in [2.75, 3.05) is 19.5 Å². The molecule has 0 spiro atoms. The lowest BCUT2D eigenvalue weighted by molar-refractivity contribution is 0.355. The second kappa shape index (κ2) is 7.74. The average molecular weight is 423 g/mol. The fourth-order valence-corrected chi connectivity index (χ4v) is 3.87. The minimum atomic E-state index is -3.72. The van der Waals surface area contributed by atoms with Crippen molar-refractivity contribution in [1.82, 2.24) is 4.98 Å². The molecule has 0 amide bonds. The molecule has 0 bridgehead atoms. The summed E-state index contributed by atoms with van der Waals surface area (Å²) in [6, 6.07) is 20.1. The molecule has 0 aliphatic rings. The molecule has 3 aromatic carbocycles. The van der Waals surface area contributed by atoms with E-state index in [1.807, 2.05) is 42.5 Å². The van der Waals surface area contributed by atoms with Gasteiger partial charge in [-0.1, -0.05) is 30.3 Å². The molecule has 8 heteroatoms. The number of ether oxygens (including phenoxy) is 2. The fraction of sp³-hybridized carbons (Fsp3) is 0.0909. The molecule has 0 aliphatic heterocycles. The molecule has 0 radical (unpaired) electrons. The second-order valence-electron chi connectivity index (χ2n) is 6.72. The number of hydrogen-bond acceptors (Lipinski definition) is 5. The van der Waals surface area contributed by atoms with Crippen molar-refractivity contribution in [3.63, 3.8) is 0 Å². The maximum Gasteiger partial charge on any atom is 0.238 e. The molecule has 0 fully saturated rings. The van der Waals surface area contributed by atoms with Crippen molar-refractivity contribution in [3.8, 4) is 22.6 Å². The Bertz CT molecular complexity index is 1310. The first kappa shape index (κ1) is 19.8. The number of aromatic nitrogens is 1. The maximum atomic E-state index is 11.5. The van der Waals surface area contributed by atoms with Gasteiger partial charge in [-0.25, -0.2) is 13.6 Å². The molecule has 0 saturated carbocycles. The zero-order chi connectivity index (χ0) is 21.3. The number of nitrogens with one attached hydrogen (secondary N) is 2. The number of nitrogens with two attached hydrogens (primary N) is 1. The average Bonchev–Trinajstić information content (AvgIpc) is 3.15. The highest BCUT2D eigenvalue weighted by atomic mass is 32.2. The van der Waals surface area contributed by atoms with Gasteiger partial charge >= 0.3 is 0 Å². The predicted octanol–water partition coefficient (Wildman–Crippen LogP) is 4.24. The number of primary sulfonamides is 1. The minimum absolute atomic E-state index is 0.0840. The third kappa shape index (κ3) is 3.83. The molecule has 0 saturated heterocycles. The number of hydrogen-bond donors (Lipinski definition) is 3. The van der Waals surface area contributed by atoms with Crippen LogP contribution in [0.15, 0.2) is 71.6 Å². The Morgan fingerprint density at radius 1 is 0.900 bits per heavy atom. The zero-order valence-corrected chi connectivity index (χ0v) is 17.3. The largest absolute Gasteiger partial charge is 0.493 e. The molecule has 0 unspecified atom stereocenters. The van der Waals surface area contributed by atoms with Gasteiger partial charge in [0, 0.05) is 22.7 Å². The van der Waals surface area contributed by atoms with Gasteiger partial charge in [-0.05, 0) is 35.9 Å². The van der Waals surface area contributed by atoms with E-state index in [1.165, 1.54) is 12.1 Å². The van der Waals surface area contributed by atoms with Crippen molar-refractivity contribution < 1.29 is 17.9 Å². The number of fused-ring (bicyclic) bond motifs is 1. The molecule has 1 aromatic heterocycles. The van der Waals surface area contributed by atoms with Gasteiger partial charge in [0.05, 0.1) is 24.6 Å². The van der Waals surface area contributed by atoms with E-state index < -0.39 is 10.0 Å². The van der Waals surface area contributed by atoms with Crippen LogP contribution in [-0.4, -0.2) is 27.6 Å². The van der Waals surface area contributed by atoms with Crippen molar-refractivity contribution in [2.24, 2.45) is 5.14 Å². The molecule has 1 heterocycles. The number of para-hydroxylation sites is 1. The Morgan fingerprint density at radius 2 is 1.63 bits per heavy atom.